The molecule has 0 heterocycles. The van der Waals surface area contributed by atoms with Crippen molar-refractivity contribution in [3.63, 3.8) is 0 Å². The van der Waals surface area contributed by atoms with Crippen molar-refractivity contribution >= 4 is 27.4 Å². The Labute approximate surface area is 136 Å². The number of hydrogen-bond donors (Lipinski definition) is 3. The molecule has 0 bridgehead atoms. The summed E-state index contributed by atoms with van der Waals surface area (Å²) in [6.07, 6.45) is 0. The van der Waals surface area contributed by atoms with E-state index in [9.17, 15) is 28.4 Å². The van der Waals surface area contributed by atoms with E-state index in [2.05, 4.69) is 4.72 Å². The van der Waals surface area contributed by atoms with Gasteiger partial charge in [0, 0.05) is 17.7 Å². The second-order valence-corrected chi connectivity index (χ2v) is 6.53. The summed E-state index contributed by atoms with van der Waals surface area (Å²) < 4.78 is 26.7. The first kappa shape index (κ1) is 17.2. The summed E-state index contributed by atoms with van der Waals surface area (Å²) >= 11 is 0. The Kier molecular flexibility index (Phi) is 4.42. The van der Waals surface area contributed by atoms with Crippen LogP contribution in [0.3, 0.4) is 0 Å². The number of aryl methyl sites for hydroxylation is 1. The molecule has 0 unspecified atom stereocenters. The molecule has 126 valence electrons. The van der Waals surface area contributed by atoms with E-state index >= 15 is 0 Å². The van der Waals surface area contributed by atoms with Gasteiger partial charge in [-0.25, -0.2) is 13.2 Å². The molecule has 0 aliphatic rings. The lowest BCUT2D eigenvalue weighted by molar-refractivity contribution is -0.385. The van der Waals surface area contributed by atoms with E-state index in [0.29, 0.717) is 5.56 Å². The van der Waals surface area contributed by atoms with Gasteiger partial charge in [0.25, 0.3) is 15.7 Å². The Hall–Kier alpha value is -3.14. The number of phenols is 1. The van der Waals surface area contributed by atoms with Crippen molar-refractivity contribution in [2.75, 3.05) is 4.72 Å². The number of carboxylic acid groups (broad SMARTS) is 1. The van der Waals surface area contributed by atoms with Crippen LogP contribution in [0.2, 0.25) is 0 Å². The van der Waals surface area contributed by atoms with Gasteiger partial charge in [0.05, 0.1) is 15.5 Å². The van der Waals surface area contributed by atoms with Crippen LogP contribution in [-0.4, -0.2) is 29.5 Å². The zero-order valence-corrected chi connectivity index (χ0v) is 13.1. The van der Waals surface area contributed by atoms with Gasteiger partial charge >= 0.3 is 5.97 Å². The third-order valence-electron chi connectivity index (χ3n) is 3.17. The van der Waals surface area contributed by atoms with Crippen molar-refractivity contribution in [3.8, 4) is 5.75 Å². The number of hydrogen-bond acceptors (Lipinski definition) is 6. The molecular formula is C14H12N2O7S. The molecule has 3 N–H and O–H groups in total. The van der Waals surface area contributed by atoms with Crippen LogP contribution < -0.4 is 4.72 Å². The third kappa shape index (κ3) is 3.43. The number of benzene rings is 2. The first-order chi connectivity index (χ1) is 11.1. The van der Waals surface area contributed by atoms with Crippen LogP contribution in [-0.2, 0) is 10.0 Å². The normalized spacial score (nSPS) is 11.0. The lowest BCUT2D eigenvalue weighted by Crippen LogP contribution is -2.13. The summed E-state index contributed by atoms with van der Waals surface area (Å²) in [6.45, 7) is 1.48. The molecule has 9 nitrogen and oxygen atoms in total. The maximum absolute atomic E-state index is 12.3. The average molecular weight is 352 g/mol. The highest BCUT2D eigenvalue weighted by molar-refractivity contribution is 7.92. The van der Waals surface area contributed by atoms with E-state index in [-0.39, 0.29) is 21.8 Å². The first-order valence-electron chi connectivity index (χ1n) is 6.46. The highest BCUT2D eigenvalue weighted by atomic mass is 32.2. The minimum absolute atomic E-state index is 0.0827. The highest BCUT2D eigenvalue weighted by Crippen LogP contribution is 2.26. The average Bonchev–Trinajstić information content (AvgIpc) is 2.46. The molecule has 2 aromatic carbocycles. The molecule has 24 heavy (non-hydrogen) atoms. The SMILES string of the molecule is Cc1ccc(S(=O)(=O)Nc2ccc(C(=O)O)c(O)c2)cc1[N+](=O)[O-]. The lowest BCUT2D eigenvalue weighted by atomic mass is 10.2. The van der Waals surface area contributed by atoms with Crippen LogP contribution in [0.4, 0.5) is 11.4 Å². The first-order valence-corrected chi connectivity index (χ1v) is 7.94. The zero-order valence-electron chi connectivity index (χ0n) is 12.3. The van der Waals surface area contributed by atoms with E-state index in [1.807, 2.05) is 0 Å². The van der Waals surface area contributed by atoms with Crippen LogP contribution in [0.1, 0.15) is 15.9 Å². The number of aromatic hydroxyl groups is 1. The number of carbonyl (C=O) groups is 1. The number of nitro groups is 1. The van der Waals surface area contributed by atoms with Gasteiger partial charge in [-0.2, -0.15) is 0 Å². The van der Waals surface area contributed by atoms with Gasteiger partial charge in [-0.15, -0.1) is 0 Å². The molecule has 0 aliphatic heterocycles. The molecule has 0 aromatic heterocycles. The standard InChI is InChI=1S/C14H12N2O7S/c1-8-2-4-10(7-12(8)16(20)21)24(22,23)15-9-3-5-11(14(18)19)13(17)6-9/h2-7,15,17H,1H3,(H,18,19). The van der Waals surface area contributed by atoms with Gasteiger partial charge in [-0.1, -0.05) is 6.07 Å². The summed E-state index contributed by atoms with van der Waals surface area (Å²) in [4.78, 5) is 20.7. The van der Waals surface area contributed by atoms with Gasteiger partial charge in [0.15, 0.2) is 0 Å². The van der Waals surface area contributed by atoms with Crippen molar-refractivity contribution in [2.24, 2.45) is 0 Å². The highest BCUT2D eigenvalue weighted by Gasteiger charge is 2.20. The fourth-order valence-electron chi connectivity index (χ4n) is 1.94. The van der Waals surface area contributed by atoms with Gasteiger partial charge < -0.3 is 10.2 Å². The molecule has 2 aromatic rings. The van der Waals surface area contributed by atoms with E-state index < -0.39 is 26.7 Å². The van der Waals surface area contributed by atoms with E-state index in [1.54, 1.807) is 0 Å². The number of aromatic carboxylic acids is 1. The predicted molar refractivity (Wildman–Crippen MR) is 83.7 cm³/mol. The van der Waals surface area contributed by atoms with Gasteiger partial charge in [0.1, 0.15) is 11.3 Å². The smallest absolute Gasteiger partial charge is 0.339 e. The maximum atomic E-state index is 12.3. The number of carboxylic acids is 1. The van der Waals surface area contributed by atoms with Crippen molar-refractivity contribution in [3.05, 3.63) is 57.6 Å². The van der Waals surface area contributed by atoms with E-state index in [4.69, 9.17) is 5.11 Å². The maximum Gasteiger partial charge on any atom is 0.339 e. The molecule has 10 heteroatoms. The van der Waals surface area contributed by atoms with Crippen LogP contribution in [0, 0.1) is 17.0 Å². The number of sulfonamides is 1. The Morgan fingerprint density at radius 2 is 1.88 bits per heavy atom. The number of anilines is 1. The van der Waals surface area contributed by atoms with E-state index in [0.717, 1.165) is 24.3 Å². The fraction of sp³-hybridized carbons (Fsp3) is 0.0714. The van der Waals surface area contributed by atoms with Crippen molar-refractivity contribution < 1.29 is 28.3 Å². The minimum Gasteiger partial charge on any atom is -0.507 e. The van der Waals surface area contributed by atoms with Gasteiger partial charge in [-0.05, 0) is 25.1 Å². The molecule has 0 radical (unpaired) electrons. The molecule has 0 fully saturated rings. The van der Waals surface area contributed by atoms with Crippen molar-refractivity contribution in [2.45, 2.75) is 11.8 Å². The second-order valence-electron chi connectivity index (χ2n) is 4.85. The Bertz CT molecular complexity index is 938. The topological polar surface area (TPSA) is 147 Å². The van der Waals surface area contributed by atoms with Crippen LogP contribution in [0.25, 0.3) is 0 Å². The van der Waals surface area contributed by atoms with Crippen LogP contribution >= 0.6 is 0 Å². The molecule has 0 amide bonds. The monoisotopic (exact) mass is 352 g/mol. The number of nitrogens with one attached hydrogen (secondary N) is 1. The number of nitro benzene ring substituents is 1. The molecule has 2 rings (SSSR count). The summed E-state index contributed by atoms with van der Waals surface area (Å²) in [7, 11) is -4.15. The van der Waals surface area contributed by atoms with Gasteiger partial charge in [-0.3, -0.25) is 14.8 Å². The molecule has 0 aliphatic carbocycles. The van der Waals surface area contributed by atoms with Crippen molar-refractivity contribution in [1.29, 1.82) is 0 Å². The molecule has 0 spiro atoms. The second kappa shape index (κ2) is 6.16. The van der Waals surface area contributed by atoms with Crippen LogP contribution in [0.15, 0.2) is 41.3 Å². The summed E-state index contributed by atoms with van der Waals surface area (Å²) in [6, 6.07) is 6.55. The van der Waals surface area contributed by atoms with Crippen molar-refractivity contribution in [1.82, 2.24) is 0 Å². The molecular weight excluding hydrogens is 340 g/mol. The number of rotatable bonds is 5. The largest absolute Gasteiger partial charge is 0.507 e. The number of nitrogens with zero attached hydrogens (tertiary/aromatic N) is 1. The third-order valence-corrected chi connectivity index (χ3v) is 4.55. The lowest BCUT2D eigenvalue weighted by Gasteiger charge is -2.10. The fourth-order valence-corrected chi connectivity index (χ4v) is 3.01. The Morgan fingerprint density at radius 1 is 1.21 bits per heavy atom. The quantitative estimate of drug-likeness (QED) is 0.551. The molecule has 0 atom stereocenters. The molecule has 0 saturated carbocycles. The Balaban J connectivity index is 2.39. The minimum atomic E-state index is -4.15. The van der Waals surface area contributed by atoms with Crippen LogP contribution in [0.5, 0.6) is 5.75 Å². The summed E-state index contributed by atoms with van der Waals surface area (Å²) in [5.41, 5.74) is -0.506. The van der Waals surface area contributed by atoms with Gasteiger partial charge in [0.2, 0.25) is 0 Å². The predicted octanol–water partition coefficient (Wildman–Crippen LogP) is 2.11. The van der Waals surface area contributed by atoms with E-state index in [1.165, 1.54) is 19.1 Å². The molecule has 0 saturated heterocycles. The Morgan fingerprint density at radius 3 is 2.42 bits per heavy atom. The summed E-state index contributed by atoms with van der Waals surface area (Å²) in [5.74, 6) is -1.98. The summed E-state index contributed by atoms with van der Waals surface area (Å²) in [5, 5.41) is 29.3. The zero-order chi connectivity index (χ0) is 18.1.